The lowest BCUT2D eigenvalue weighted by atomic mass is 9.88. The molecule has 0 amide bonds. The van der Waals surface area contributed by atoms with Crippen LogP contribution in [0.15, 0.2) is 42.5 Å². The summed E-state index contributed by atoms with van der Waals surface area (Å²) in [5.41, 5.74) is 3.77. The van der Waals surface area contributed by atoms with Crippen LogP contribution in [-0.2, 0) is 0 Å². The molecule has 0 bridgehead atoms. The summed E-state index contributed by atoms with van der Waals surface area (Å²) in [7, 11) is 4.14. The van der Waals surface area contributed by atoms with Crippen LogP contribution in [-0.4, -0.2) is 14.1 Å². The Morgan fingerprint density at radius 3 is 2.44 bits per heavy atom. The van der Waals surface area contributed by atoms with Crippen LogP contribution in [0.4, 0.5) is 5.69 Å². The molecule has 18 heavy (non-hydrogen) atoms. The molecule has 0 radical (unpaired) electrons. The molecule has 1 heterocycles. The summed E-state index contributed by atoms with van der Waals surface area (Å²) in [6, 6.07) is 14.5. The Hall–Kier alpha value is -1.96. The summed E-state index contributed by atoms with van der Waals surface area (Å²) in [5.74, 6) is 2.32. The first-order chi connectivity index (χ1) is 8.68. The first-order valence-electron chi connectivity index (χ1n) is 6.25. The molecule has 0 N–H and O–H groups in total. The average Bonchev–Trinajstić information content (AvgIpc) is 2.38. The molecule has 0 saturated carbocycles. The number of rotatable bonds is 1. The highest BCUT2D eigenvalue weighted by Gasteiger charge is 2.26. The fraction of sp³-hybridized carbons (Fsp3) is 0.250. The second kappa shape index (κ2) is 4.05. The van der Waals surface area contributed by atoms with Crippen LogP contribution in [0.5, 0.6) is 11.5 Å². The van der Waals surface area contributed by atoms with Gasteiger partial charge in [-0.3, -0.25) is 0 Å². The molecule has 0 spiro atoms. The first kappa shape index (κ1) is 11.1. The summed E-state index contributed by atoms with van der Waals surface area (Å²) in [4.78, 5) is 2.15. The maximum atomic E-state index is 6.01. The maximum Gasteiger partial charge on any atom is 0.133 e. The van der Waals surface area contributed by atoms with Gasteiger partial charge >= 0.3 is 0 Å². The minimum Gasteiger partial charge on any atom is -0.457 e. The Bertz CT molecular complexity index is 589. The zero-order valence-electron chi connectivity index (χ0n) is 11.0. The average molecular weight is 239 g/mol. The highest BCUT2D eigenvalue weighted by molar-refractivity contribution is 5.65. The summed E-state index contributed by atoms with van der Waals surface area (Å²) in [6.07, 6.45) is 0. The highest BCUT2D eigenvalue weighted by atomic mass is 16.5. The van der Waals surface area contributed by atoms with Crippen LogP contribution < -0.4 is 9.64 Å². The van der Waals surface area contributed by atoms with E-state index in [4.69, 9.17) is 4.74 Å². The van der Waals surface area contributed by atoms with Crippen molar-refractivity contribution in [2.24, 2.45) is 0 Å². The molecule has 0 aliphatic carbocycles. The summed E-state index contributed by atoms with van der Waals surface area (Å²) >= 11 is 0. The standard InChI is InChI=1S/C16H17NO/c1-11-12-7-4-5-9-14(12)18-15-10-6-8-13(16(11)15)17(2)3/h4-11H,1-3H3. The van der Waals surface area contributed by atoms with E-state index in [0.717, 1.165) is 11.5 Å². The van der Waals surface area contributed by atoms with Crippen molar-refractivity contribution in [2.75, 3.05) is 19.0 Å². The Balaban J connectivity index is 2.20. The lowest BCUT2D eigenvalue weighted by Crippen LogP contribution is -2.16. The van der Waals surface area contributed by atoms with Crippen LogP contribution in [0.2, 0.25) is 0 Å². The number of fused-ring (bicyclic) bond motifs is 2. The smallest absolute Gasteiger partial charge is 0.133 e. The number of hydrogen-bond donors (Lipinski definition) is 0. The second-order valence-corrected chi connectivity index (χ2v) is 4.94. The largest absolute Gasteiger partial charge is 0.457 e. The molecule has 3 rings (SSSR count). The lowest BCUT2D eigenvalue weighted by molar-refractivity contribution is 0.450. The van der Waals surface area contributed by atoms with Gasteiger partial charge in [0.2, 0.25) is 0 Å². The van der Waals surface area contributed by atoms with Crippen LogP contribution in [0.1, 0.15) is 24.0 Å². The number of benzene rings is 2. The van der Waals surface area contributed by atoms with Gasteiger partial charge in [-0.05, 0) is 18.2 Å². The van der Waals surface area contributed by atoms with Crippen LogP contribution >= 0.6 is 0 Å². The molecule has 1 aliphatic rings. The van der Waals surface area contributed by atoms with Crippen LogP contribution in [0.25, 0.3) is 0 Å². The van der Waals surface area contributed by atoms with Gasteiger partial charge in [-0.1, -0.05) is 31.2 Å². The second-order valence-electron chi connectivity index (χ2n) is 4.94. The van der Waals surface area contributed by atoms with E-state index < -0.39 is 0 Å². The van der Waals surface area contributed by atoms with Gasteiger partial charge in [-0.15, -0.1) is 0 Å². The third-order valence-electron chi connectivity index (χ3n) is 3.56. The molecule has 0 saturated heterocycles. The predicted molar refractivity (Wildman–Crippen MR) is 74.8 cm³/mol. The zero-order chi connectivity index (χ0) is 12.7. The van der Waals surface area contributed by atoms with Gasteiger partial charge in [0, 0.05) is 36.8 Å². The fourth-order valence-electron chi connectivity index (χ4n) is 2.65. The van der Waals surface area contributed by atoms with E-state index in [1.165, 1.54) is 16.8 Å². The SMILES string of the molecule is CC1c2ccccc2Oc2cccc(N(C)C)c21. The van der Waals surface area contributed by atoms with Gasteiger partial charge in [-0.25, -0.2) is 0 Å². The Morgan fingerprint density at radius 1 is 0.944 bits per heavy atom. The van der Waals surface area contributed by atoms with Gasteiger partial charge in [0.25, 0.3) is 0 Å². The van der Waals surface area contributed by atoms with Crippen molar-refractivity contribution in [3.63, 3.8) is 0 Å². The number of hydrogen-bond acceptors (Lipinski definition) is 2. The highest BCUT2D eigenvalue weighted by Crippen LogP contribution is 2.47. The van der Waals surface area contributed by atoms with Gasteiger partial charge in [0.1, 0.15) is 11.5 Å². The minimum absolute atomic E-state index is 0.364. The van der Waals surface area contributed by atoms with Crippen LogP contribution in [0, 0.1) is 0 Å². The molecular weight excluding hydrogens is 222 g/mol. The van der Waals surface area contributed by atoms with Crippen molar-refractivity contribution in [3.8, 4) is 11.5 Å². The first-order valence-corrected chi connectivity index (χ1v) is 6.25. The molecule has 1 unspecified atom stereocenters. The third-order valence-corrected chi connectivity index (χ3v) is 3.56. The Labute approximate surface area is 108 Å². The monoisotopic (exact) mass is 239 g/mol. The molecule has 92 valence electrons. The molecule has 2 aromatic carbocycles. The molecule has 2 heteroatoms. The van der Waals surface area contributed by atoms with Crippen molar-refractivity contribution in [2.45, 2.75) is 12.8 Å². The zero-order valence-corrected chi connectivity index (χ0v) is 11.0. The number of anilines is 1. The summed E-state index contributed by atoms with van der Waals surface area (Å²) < 4.78 is 6.01. The van der Waals surface area contributed by atoms with Gasteiger partial charge in [-0.2, -0.15) is 0 Å². The van der Waals surface area contributed by atoms with Crippen molar-refractivity contribution < 1.29 is 4.74 Å². The summed E-state index contributed by atoms with van der Waals surface area (Å²) in [6.45, 7) is 2.24. The van der Waals surface area contributed by atoms with Gasteiger partial charge in [0.05, 0.1) is 0 Å². The van der Waals surface area contributed by atoms with Crippen molar-refractivity contribution in [3.05, 3.63) is 53.6 Å². The lowest BCUT2D eigenvalue weighted by Gasteiger charge is -2.29. The molecule has 1 aliphatic heterocycles. The van der Waals surface area contributed by atoms with E-state index in [1.807, 2.05) is 12.1 Å². The normalized spacial score (nSPS) is 16.5. The molecule has 2 nitrogen and oxygen atoms in total. The Morgan fingerprint density at radius 2 is 1.67 bits per heavy atom. The molecule has 1 atom stereocenters. The van der Waals surface area contributed by atoms with Crippen molar-refractivity contribution >= 4 is 5.69 Å². The number of para-hydroxylation sites is 1. The summed E-state index contributed by atoms with van der Waals surface area (Å²) in [5, 5.41) is 0. The van der Waals surface area contributed by atoms with Crippen molar-refractivity contribution in [1.29, 1.82) is 0 Å². The number of nitrogens with zero attached hydrogens (tertiary/aromatic N) is 1. The number of ether oxygens (including phenoxy) is 1. The topological polar surface area (TPSA) is 12.5 Å². The van der Waals surface area contributed by atoms with E-state index >= 15 is 0 Å². The third kappa shape index (κ3) is 1.57. The van der Waals surface area contributed by atoms with E-state index in [1.54, 1.807) is 0 Å². The van der Waals surface area contributed by atoms with Crippen molar-refractivity contribution in [1.82, 2.24) is 0 Å². The molecule has 2 aromatic rings. The molecular formula is C16H17NO. The molecule has 0 aromatic heterocycles. The minimum atomic E-state index is 0.364. The van der Waals surface area contributed by atoms with Gasteiger partial charge < -0.3 is 9.64 Å². The van der Waals surface area contributed by atoms with Gasteiger partial charge in [0.15, 0.2) is 0 Å². The fourth-order valence-corrected chi connectivity index (χ4v) is 2.65. The molecule has 0 fully saturated rings. The van der Waals surface area contributed by atoms with E-state index in [0.29, 0.717) is 5.92 Å². The van der Waals surface area contributed by atoms with E-state index in [2.05, 4.69) is 56.3 Å². The Kier molecular flexibility index (Phi) is 2.51. The quantitative estimate of drug-likeness (QED) is 0.745. The maximum absolute atomic E-state index is 6.01. The van der Waals surface area contributed by atoms with E-state index in [-0.39, 0.29) is 0 Å². The van der Waals surface area contributed by atoms with E-state index in [9.17, 15) is 0 Å². The van der Waals surface area contributed by atoms with Crippen LogP contribution in [0.3, 0.4) is 0 Å². The predicted octanol–water partition coefficient (Wildman–Crippen LogP) is 4.01.